The number of Topliss-reactive ketones (excluding diaryl/α,β-unsaturated/α-hetero) is 1. The molecule has 1 heterocycles. The number of nitriles is 1. The largest absolute Gasteiger partial charge is 0.346 e. The van der Waals surface area contributed by atoms with Crippen molar-refractivity contribution in [1.29, 1.82) is 5.26 Å². The van der Waals surface area contributed by atoms with Gasteiger partial charge in [0.05, 0.1) is 0 Å². The first kappa shape index (κ1) is 14.3. The fraction of sp³-hybridized carbons (Fsp3) is 0.412. The van der Waals surface area contributed by atoms with Crippen molar-refractivity contribution < 1.29 is 4.79 Å². The molecule has 0 aliphatic carbocycles. The summed E-state index contributed by atoms with van der Waals surface area (Å²) in [5.41, 5.74) is 3.32. The van der Waals surface area contributed by atoms with Gasteiger partial charge in [-0.2, -0.15) is 5.26 Å². The van der Waals surface area contributed by atoms with E-state index in [-0.39, 0.29) is 11.4 Å². The Bertz CT molecular complexity index is 615. The number of hydrogen-bond donors (Lipinski definition) is 0. The molecule has 0 aromatic heterocycles. The summed E-state index contributed by atoms with van der Waals surface area (Å²) >= 11 is 0. The van der Waals surface area contributed by atoms with E-state index >= 15 is 0 Å². The van der Waals surface area contributed by atoms with E-state index in [1.54, 1.807) is 6.20 Å². The highest BCUT2D eigenvalue weighted by Crippen LogP contribution is 2.30. The Morgan fingerprint density at radius 2 is 2.10 bits per heavy atom. The average molecular weight is 268 g/mol. The lowest BCUT2D eigenvalue weighted by Crippen LogP contribution is -2.24. The van der Waals surface area contributed by atoms with Crippen molar-refractivity contribution in [2.24, 2.45) is 5.41 Å². The van der Waals surface area contributed by atoms with E-state index < -0.39 is 5.41 Å². The molecule has 1 aromatic rings. The molecule has 1 aromatic carbocycles. The average Bonchev–Trinajstić information content (AvgIpc) is 2.76. The molecule has 1 aliphatic heterocycles. The van der Waals surface area contributed by atoms with E-state index in [0.717, 1.165) is 18.7 Å². The first-order chi connectivity index (χ1) is 9.32. The third kappa shape index (κ3) is 2.75. The number of rotatable bonds is 2. The fourth-order valence-electron chi connectivity index (χ4n) is 2.39. The highest BCUT2D eigenvalue weighted by atomic mass is 16.1. The Labute approximate surface area is 120 Å². The van der Waals surface area contributed by atoms with Gasteiger partial charge < -0.3 is 4.90 Å². The molecule has 0 radical (unpaired) electrons. The Morgan fingerprint density at radius 1 is 1.40 bits per heavy atom. The van der Waals surface area contributed by atoms with Crippen molar-refractivity contribution in [1.82, 2.24) is 0 Å². The molecule has 104 valence electrons. The Kier molecular flexibility index (Phi) is 3.67. The third-order valence-corrected chi connectivity index (χ3v) is 3.50. The van der Waals surface area contributed by atoms with Gasteiger partial charge in [0, 0.05) is 23.8 Å². The molecule has 0 saturated heterocycles. The van der Waals surface area contributed by atoms with Gasteiger partial charge in [0.25, 0.3) is 0 Å². The molecule has 0 saturated carbocycles. The zero-order valence-corrected chi connectivity index (χ0v) is 12.5. The van der Waals surface area contributed by atoms with Gasteiger partial charge in [-0.05, 0) is 25.0 Å². The van der Waals surface area contributed by atoms with Crippen molar-refractivity contribution in [3.05, 3.63) is 41.1 Å². The quantitative estimate of drug-likeness (QED) is 0.610. The summed E-state index contributed by atoms with van der Waals surface area (Å²) < 4.78 is 0. The molecule has 20 heavy (non-hydrogen) atoms. The number of nitrogens with zero attached hydrogens (tertiary/aromatic N) is 2. The Balaban J connectivity index is 2.33. The number of hydrogen-bond acceptors (Lipinski definition) is 3. The predicted molar refractivity (Wildman–Crippen MR) is 80.4 cm³/mol. The monoisotopic (exact) mass is 268 g/mol. The maximum atomic E-state index is 12.2. The standard InChI is InChI=1S/C17H20N2O/c1-12-5-6-15-13(9-12)7-8-19(15)11-14(10-18)16(20)17(2,3)4/h5-6,9,11H,7-8H2,1-4H3. The second-order valence-corrected chi connectivity index (χ2v) is 6.31. The lowest BCUT2D eigenvalue weighted by molar-refractivity contribution is -0.122. The fourth-order valence-corrected chi connectivity index (χ4v) is 2.39. The van der Waals surface area contributed by atoms with Crippen LogP contribution in [-0.4, -0.2) is 12.3 Å². The van der Waals surface area contributed by atoms with E-state index in [2.05, 4.69) is 25.1 Å². The van der Waals surface area contributed by atoms with E-state index in [0.29, 0.717) is 0 Å². The number of carbonyl (C=O) groups excluding carboxylic acids is 1. The molecular formula is C17H20N2O. The number of fused-ring (bicyclic) bond motifs is 1. The zero-order chi connectivity index (χ0) is 14.9. The first-order valence-corrected chi connectivity index (χ1v) is 6.86. The minimum absolute atomic E-state index is 0.111. The van der Waals surface area contributed by atoms with Gasteiger partial charge in [0.1, 0.15) is 11.6 Å². The van der Waals surface area contributed by atoms with Crippen LogP contribution >= 0.6 is 0 Å². The molecule has 0 amide bonds. The highest BCUT2D eigenvalue weighted by molar-refractivity contribution is 6.02. The van der Waals surface area contributed by atoms with E-state index in [1.807, 2.05) is 31.7 Å². The van der Waals surface area contributed by atoms with Gasteiger partial charge in [0.2, 0.25) is 0 Å². The van der Waals surface area contributed by atoms with E-state index in [9.17, 15) is 10.1 Å². The molecule has 0 fully saturated rings. The zero-order valence-electron chi connectivity index (χ0n) is 12.5. The topological polar surface area (TPSA) is 44.1 Å². The number of anilines is 1. The summed E-state index contributed by atoms with van der Waals surface area (Å²) in [6.07, 6.45) is 2.66. The van der Waals surface area contributed by atoms with Crippen LogP contribution in [0.2, 0.25) is 0 Å². The number of carbonyl (C=O) groups is 1. The van der Waals surface area contributed by atoms with Crippen LogP contribution in [0, 0.1) is 23.7 Å². The van der Waals surface area contributed by atoms with Crippen LogP contribution in [0.1, 0.15) is 31.9 Å². The molecule has 3 nitrogen and oxygen atoms in total. The van der Waals surface area contributed by atoms with Crippen molar-refractivity contribution >= 4 is 11.5 Å². The molecule has 3 heteroatoms. The second kappa shape index (κ2) is 5.13. The SMILES string of the molecule is Cc1ccc2c(c1)CCN2C=C(C#N)C(=O)C(C)(C)C. The van der Waals surface area contributed by atoms with Gasteiger partial charge in [-0.1, -0.05) is 38.5 Å². The molecule has 0 spiro atoms. The van der Waals surface area contributed by atoms with E-state index in [1.165, 1.54) is 11.1 Å². The van der Waals surface area contributed by atoms with Crippen molar-refractivity contribution in [3.63, 3.8) is 0 Å². The number of allylic oxidation sites excluding steroid dienone is 1. The Morgan fingerprint density at radius 3 is 2.70 bits per heavy atom. The lowest BCUT2D eigenvalue weighted by atomic mass is 9.87. The first-order valence-electron chi connectivity index (χ1n) is 6.86. The molecule has 1 aliphatic rings. The summed E-state index contributed by atoms with van der Waals surface area (Å²) in [4.78, 5) is 14.2. The van der Waals surface area contributed by atoms with Crippen LogP contribution in [-0.2, 0) is 11.2 Å². The van der Waals surface area contributed by atoms with Crippen LogP contribution in [0.4, 0.5) is 5.69 Å². The minimum atomic E-state index is -0.530. The van der Waals surface area contributed by atoms with Crippen LogP contribution < -0.4 is 4.90 Å². The third-order valence-electron chi connectivity index (χ3n) is 3.50. The van der Waals surface area contributed by atoms with Crippen molar-refractivity contribution in [2.45, 2.75) is 34.1 Å². The van der Waals surface area contributed by atoms with Crippen molar-refractivity contribution in [2.75, 3.05) is 11.4 Å². The number of ketones is 1. The number of aryl methyl sites for hydroxylation is 1. The maximum absolute atomic E-state index is 12.2. The summed E-state index contributed by atoms with van der Waals surface area (Å²) in [7, 11) is 0. The molecule has 0 bridgehead atoms. The smallest absolute Gasteiger partial charge is 0.180 e. The number of benzene rings is 1. The van der Waals surface area contributed by atoms with Crippen LogP contribution in [0.25, 0.3) is 0 Å². The normalized spacial score (nSPS) is 14.9. The summed E-state index contributed by atoms with van der Waals surface area (Å²) in [5, 5.41) is 9.25. The van der Waals surface area contributed by atoms with Gasteiger partial charge in [-0.3, -0.25) is 4.79 Å². The maximum Gasteiger partial charge on any atom is 0.180 e. The highest BCUT2D eigenvalue weighted by Gasteiger charge is 2.27. The van der Waals surface area contributed by atoms with Gasteiger partial charge in [-0.15, -0.1) is 0 Å². The molecular weight excluding hydrogens is 248 g/mol. The van der Waals surface area contributed by atoms with Crippen LogP contribution in [0.15, 0.2) is 30.0 Å². The Hall–Kier alpha value is -2.08. The molecule has 0 N–H and O–H groups in total. The van der Waals surface area contributed by atoms with Crippen LogP contribution in [0.5, 0.6) is 0 Å². The molecule has 0 unspecified atom stereocenters. The summed E-state index contributed by atoms with van der Waals surface area (Å²) in [6.45, 7) is 8.40. The van der Waals surface area contributed by atoms with Crippen LogP contribution in [0.3, 0.4) is 0 Å². The molecule has 2 rings (SSSR count). The predicted octanol–water partition coefficient (Wildman–Crippen LogP) is 3.38. The summed E-state index contributed by atoms with van der Waals surface area (Å²) in [5.74, 6) is -0.111. The van der Waals surface area contributed by atoms with Crippen molar-refractivity contribution in [3.8, 4) is 6.07 Å². The minimum Gasteiger partial charge on any atom is -0.346 e. The van der Waals surface area contributed by atoms with E-state index in [4.69, 9.17) is 0 Å². The summed E-state index contributed by atoms with van der Waals surface area (Å²) in [6, 6.07) is 8.33. The van der Waals surface area contributed by atoms with Gasteiger partial charge in [-0.25, -0.2) is 0 Å². The van der Waals surface area contributed by atoms with Gasteiger partial charge >= 0.3 is 0 Å². The van der Waals surface area contributed by atoms with Gasteiger partial charge in [0.15, 0.2) is 5.78 Å². The lowest BCUT2D eigenvalue weighted by Gasteiger charge is -2.19. The second-order valence-electron chi connectivity index (χ2n) is 6.31. The molecule has 0 atom stereocenters.